The van der Waals surface area contributed by atoms with Crippen molar-refractivity contribution in [1.29, 1.82) is 0 Å². The minimum Gasteiger partial charge on any atom is -0.438 e. The summed E-state index contributed by atoms with van der Waals surface area (Å²) in [4.78, 5) is 13.5. The van der Waals surface area contributed by atoms with Crippen LogP contribution in [0.4, 0.5) is 5.82 Å². The van der Waals surface area contributed by atoms with Crippen LogP contribution in [0.5, 0.6) is 6.01 Å². The predicted octanol–water partition coefficient (Wildman–Crippen LogP) is 0.776. The molecule has 0 amide bonds. The molecule has 1 atom stereocenters. The van der Waals surface area contributed by atoms with Crippen LogP contribution in [0.25, 0.3) is 0 Å². The van der Waals surface area contributed by atoms with E-state index in [2.05, 4.69) is 11.9 Å². The number of nitro groups is 1. The first kappa shape index (κ1) is 8.03. The normalized spacial score (nSPS) is 18.0. The monoisotopic (exact) mass is 182 g/mol. The van der Waals surface area contributed by atoms with E-state index >= 15 is 0 Å². The summed E-state index contributed by atoms with van der Waals surface area (Å²) in [7, 11) is 0. The minimum atomic E-state index is -0.558. The molecule has 6 heteroatoms. The highest BCUT2D eigenvalue weighted by molar-refractivity contribution is 5.23. The maximum atomic E-state index is 10.3. The van der Waals surface area contributed by atoms with Gasteiger partial charge in [-0.25, -0.2) is 0 Å². The zero-order valence-corrected chi connectivity index (χ0v) is 7.06. The number of rotatable bonds is 1. The highest BCUT2D eigenvalue weighted by Gasteiger charge is 2.36. The molecule has 0 saturated carbocycles. The van der Waals surface area contributed by atoms with Crippen molar-refractivity contribution in [2.24, 2.45) is 0 Å². The van der Waals surface area contributed by atoms with Crippen molar-refractivity contribution < 1.29 is 9.66 Å². The first-order valence-corrected chi connectivity index (χ1v) is 3.74. The van der Waals surface area contributed by atoms with Crippen molar-refractivity contribution in [2.45, 2.75) is 19.1 Å². The van der Waals surface area contributed by atoms with Crippen molar-refractivity contribution in [1.82, 2.24) is 9.55 Å². The molecule has 69 valence electrons. The molecule has 0 aliphatic carbocycles. The third-order valence-corrected chi connectivity index (χ3v) is 1.76. The van der Waals surface area contributed by atoms with Crippen molar-refractivity contribution in [3.63, 3.8) is 0 Å². The fraction of sp³-hybridized carbons (Fsp3) is 0.429. The summed E-state index contributed by atoms with van der Waals surface area (Å²) in [5.74, 6) is -0.189. The van der Waals surface area contributed by atoms with Gasteiger partial charge in [0, 0.05) is 4.98 Å². The summed E-state index contributed by atoms with van der Waals surface area (Å²) in [6.45, 7) is 6.07. The number of aromatic nitrogens is 2. The Morgan fingerprint density at radius 2 is 2.62 bits per heavy atom. The van der Waals surface area contributed by atoms with Gasteiger partial charge in [-0.1, -0.05) is 0 Å². The van der Waals surface area contributed by atoms with Crippen LogP contribution in [0.3, 0.4) is 0 Å². The zero-order valence-electron chi connectivity index (χ0n) is 7.06. The van der Waals surface area contributed by atoms with Gasteiger partial charge >= 0.3 is 11.8 Å². The second-order valence-electron chi connectivity index (χ2n) is 3.32. The Balaban J connectivity index is 2.34. The number of imidazole rings is 1. The second-order valence-corrected chi connectivity index (χ2v) is 3.32. The SMILES string of the molecule is [CH2][C@@]1(C)Cn2cc([N+](=O)[O-])nc2O1. The maximum Gasteiger partial charge on any atom is 0.414 e. The van der Waals surface area contributed by atoms with Crippen molar-refractivity contribution in [2.75, 3.05) is 0 Å². The molecule has 2 heterocycles. The number of hydrogen-bond acceptors (Lipinski definition) is 4. The molecule has 1 aromatic rings. The van der Waals surface area contributed by atoms with Gasteiger partial charge in [-0.3, -0.25) is 4.57 Å². The lowest BCUT2D eigenvalue weighted by molar-refractivity contribution is -0.389. The number of hydrogen-bond donors (Lipinski definition) is 0. The molecule has 0 aromatic carbocycles. The van der Waals surface area contributed by atoms with E-state index in [9.17, 15) is 10.1 Å². The Kier molecular flexibility index (Phi) is 1.37. The first-order valence-electron chi connectivity index (χ1n) is 3.74. The molecule has 6 nitrogen and oxygen atoms in total. The van der Waals surface area contributed by atoms with Crippen LogP contribution in [0, 0.1) is 17.0 Å². The molecule has 0 spiro atoms. The summed E-state index contributed by atoms with van der Waals surface area (Å²) < 4.78 is 6.85. The van der Waals surface area contributed by atoms with Gasteiger partial charge in [0.05, 0.1) is 6.54 Å². The van der Waals surface area contributed by atoms with E-state index in [-0.39, 0.29) is 11.8 Å². The lowest BCUT2D eigenvalue weighted by Crippen LogP contribution is -2.26. The standard InChI is InChI=1S/C7H8N3O3/c1-7(2)4-9-3-5(10(11)12)8-6(9)13-7/h3H,1,4H2,2H3/t7-/m1/s1. The Labute approximate surface area is 74.3 Å². The van der Waals surface area contributed by atoms with Crippen LogP contribution < -0.4 is 4.74 Å². The van der Waals surface area contributed by atoms with Crippen LogP contribution in [0.2, 0.25) is 0 Å². The molecular formula is C7H8N3O3. The van der Waals surface area contributed by atoms with E-state index in [1.807, 2.05) is 0 Å². The molecule has 2 rings (SSSR count). The van der Waals surface area contributed by atoms with Crippen LogP contribution in [0.1, 0.15) is 6.92 Å². The van der Waals surface area contributed by atoms with Gasteiger partial charge in [0.2, 0.25) is 0 Å². The van der Waals surface area contributed by atoms with E-state index in [4.69, 9.17) is 4.74 Å². The molecule has 0 unspecified atom stereocenters. The maximum absolute atomic E-state index is 10.3. The Bertz CT molecular complexity index is 344. The van der Waals surface area contributed by atoms with Gasteiger partial charge in [-0.2, -0.15) is 0 Å². The van der Waals surface area contributed by atoms with E-state index in [0.29, 0.717) is 6.54 Å². The van der Waals surface area contributed by atoms with Crippen LogP contribution >= 0.6 is 0 Å². The number of ether oxygens (including phenoxy) is 1. The fourth-order valence-electron chi connectivity index (χ4n) is 1.28. The molecule has 1 aliphatic heterocycles. The molecule has 13 heavy (non-hydrogen) atoms. The molecule has 1 aromatic heterocycles. The summed E-state index contributed by atoms with van der Waals surface area (Å²) in [6, 6.07) is 0.268. The second kappa shape index (κ2) is 2.21. The molecule has 0 saturated heterocycles. The van der Waals surface area contributed by atoms with Gasteiger partial charge < -0.3 is 14.9 Å². The average Bonchev–Trinajstić information content (AvgIpc) is 2.39. The average molecular weight is 182 g/mol. The summed E-state index contributed by atoms with van der Waals surface area (Å²) in [6.07, 6.45) is 1.35. The topological polar surface area (TPSA) is 70.2 Å². The Morgan fingerprint density at radius 1 is 1.92 bits per heavy atom. The zero-order chi connectivity index (χ0) is 9.64. The predicted molar refractivity (Wildman–Crippen MR) is 43.3 cm³/mol. The van der Waals surface area contributed by atoms with Crippen LogP contribution in [-0.2, 0) is 6.54 Å². The van der Waals surface area contributed by atoms with E-state index in [0.717, 1.165) is 0 Å². The van der Waals surface area contributed by atoms with E-state index in [1.165, 1.54) is 6.20 Å². The fourth-order valence-corrected chi connectivity index (χ4v) is 1.28. The van der Waals surface area contributed by atoms with Gasteiger partial charge in [-0.15, -0.1) is 0 Å². The molecule has 0 bridgehead atoms. The largest absolute Gasteiger partial charge is 0.438 e. The quantitative estimate of drug-likeness (QED) is 0.475. The van der Waals surface area contributed by atoms with Crippen molar-refractivity contribution in [3.8, 4) is 6.01 Å². The third-order valence-electron chi connectivity index (χ3n) is 1.76. The lowest BCUT2D eigenvalue weighted by Gasteiger charge is -2.13. The molecule has 0 N–H and O–H groups in total. The van der Waals surface area contributed by atoms with Gasteiger partial charge in [-0.05, 0) is 18.8 Å². The number of fused-ring (bicyclic) bond motifs is 1. The minimum absolute atomic E-state index is 0.189. The van der Waals surface area contributed by atoms with E-state index < -0.39 is 10.5 Å². The molecule has 1 radical (unpaired) electrons. The highest BCUT2D eigenvalue weighted by atomic mass is 16.6. The van der Waals surface area contributed by atoms with Crippen LogP contribution in [0.15, 0.2) is 6.20 Å². The lowest BCUT2D eigenvalue weighted by atomic mass is 10.1. The summed E-state index contributed by atoms with van der Waals surface area (Å²) in [5, 5.41) is 10.3. The highest BCUT2D eigenvalue weighted by Crippen LogP contribution is 2.29. The van der Waals surface area contributed by atoms with Crippen molar-refractivity contribution >= 4 is 5.82 Å². The van der Waals surface area contributed by atoms with E-state index in [1.54, 1.807) is 11.5 Å². The van der Waals surface area contributed by atoms with Gasteiger partial charge in [0.15, 0.2) is 0 Å². The summed E-state index contributed by atoms with van der Waals surface area (Å²) in [5.41, 5.74) is -0.558. The first-order chi connectivity index (χ1) is 5.98. The van der Waals surface area contributed by atoms with Gasteiger partial charge in [0.25, 0.3) is 0 Å². The Morgan fingerprint density at radius 3 is 3.15 bits per heavy atom. The molecule has 0 fully saturated rings. The third kappa shape index (κ3) is 1.24. The number of nitrogens with zero attached hydrogens (tertiary/aromatic N) is 3. The van der Waals surface area contributed by atoms with Crippen molar-refractivity contribution in [3.05, 3.63) is 23.2 Å². The summed E-state index contributed by atoms with van der Waals surface area (Å²) >= 11 is 0. The smallest absolute Gasteiger partial charge is 0.414 e. The molecule has 1 aliphatic rings. The van der Waals surface area contributed by atoms with Gasteiger partial charge in [0.1, 0.15) is 11.8 Å². The Hall–Kier alpha value is -1.59. The van der Waals surface area contributed by atoms with Crippen LogP contribution in [-0.4, -0.2) is 20.1 Å². The molecular weight excluding hydrogens is 174 g/mol.